The first-order chi connectivity index (χ1) is 19.5. The predicted molar refractivity (Wildman–Crippen MR) is 154 cm³/mol. The van der Waals surface area contributed by atoms with Crippen LogP contribution in [0.5, 0.6) is 6.01 Å². The van der Waals surface area contributed by atoms with Crippen molar-refractivity contribution in [1.82, 2.24) is 29.4 Å². The molecule has 206 valence electrons. The normalized spacial score (nSPS) is 24.9. The summed E-state index contributed by atoms with van der Waals surface area (Å²) in [6, 6.07) is 2.63. The van der Waals surface area contributed by atoms with Crippen LogP contribution in [0.3, 0.4) is 0 Å². The van der Waals surface area contributed by atoms with E-state index in [1.165, 1.54) is 16.2 Å². The molecule has 0 radical (unpaired) electrons. The highest BCUT2D eigenvalue weighted by Crippen LogP contribution is 2.58. The molecule has 4 aromatic heterocycles. The topological polar surface area (TPSA) is 122 Å². The van der Waals surface area contributed by atoms with Crippen LogP contribution in [-0.2, 0) is 17.0 Å². The first kappa shape index (κ1) is 24.8. The lowest BCUT2D eigenvalue weighted by atomic mass is 9.88. The fourth-order valence-electron chi connectivity index (χ4n) is 6.88. The highest BCUT2D eigenvalue weighted by molar-refractivity contribution is 8.00. The lowest BCUT2D eigenvalue weighted by molar-refractivity contribution is 0.107. The number of nitrogens with zero attached hydrogens (tertiary/aromatic N) is 8. The zero-order valence-electron chi connectivity index (χ0n) is 21.5. The van der Waals surface area contributed by atoms with E-state index in [-0.39, 0.29) is 16.3 Å². The third-order valence-electron chi connectivity index (χ3n) is 8.71. The smallest absolute Gasteiger partial charge is 0.320 e. The van der Waals surface area contributed by atoms with Crippen LogP contribution in [0.15, 0.2) is 18.0 Å². The van der Waals surface area contributed by atoms with Gasteiger partial charge in [-0.05, 0) is 19.4 Å². The van der Waals surface area contributed by atoms with Crippen LogP contribution in [0.4, 0.5) is 15.2 Å². The number of hydrogen-bond acceptors (Lipinski definition) is 12. The maximum absolute atomic E-state index is 14.4. The number of hydrogen-bond donors (Lipinski definition) is 1. The summed E-state index contributed by atoms with van der Waals surface area (Å²) in [5, 5.41) is 10.4. The minimum absolute atomic E-state index is 0.179. The molecule has 8 rings (SSSR count). The van der Waals surface area contributed by atoms with E-state index in [1.807, 2.05) is 28.0 Å². The molecule has 0 aromatic carbocycles. The molecule has 40 heavy (non-hydrogen) atoms. The van der Waals surface area contributed by atoms with Crippen molar-refractivity contribution in [2.45, 2.75) is 48.0 Å². The number of nitrogen functional groups attached to an aromatic ring is 1. The van der Waals surface area contributed by atoms with Gasteiger partial charge in [0.1, 0.15) is 23.8 Å². The molecule has 4 aliphatic heterocycles. The first-order valence-corrected chi connectivity index (χ1v) is 16.0. The number of aromatic nitrogens is 5. The molecule has 4 aliphatic rings. The number of alkyl halides is 1. The number of anilines is 2. The largest absolute Gasteiger partial charge is 0.461 e. The van der Waals surface area contributed by atoms with Crippen molar-refractivity contribution < 1.29 is 9.13 Å². The van der Waals surface area contributed by atoms with E-state index in [9.17, 15) is 9.65 Å². The maximum Gasteiger partial charge on any atom is 0.320 e. The molecular weight excluding hydrogens is 570 g/mol. The van der Waals surface area contributed by atoms with Crippen LogP contribution in [0, 0.1) is 11.3 Å². The number of nitriles is 1. The Morgan fingerprint density at radius 3 is 3.02 bits per heavy atom. The minimum atomic E-state index is -0.820. The Labute approximate surface area is 242 Å². The molecule has 3 fully saturated rings. The van der Waals surface area contributed by atoms with Gasteiger partial charge in [0.25, 0.3) is 0 Å². The van der Waals surface area contributed by atoms with Crippen molar-refractivity contribution in [3.05, 3.63) is 38.9 Å². The van der Waals surface area contributed by atoms with E-state index < -0.39 is 6.17 Å². The quantitative estimate of drug-likeness (QED) is 0.353. The van der Waals surface area contributed by atoms with Crippen molar-refractivity contribution >= 4 is 56.4 Å². The zero-order chi connectivity index (χ0) is 27.1. The number of halogens is 1. The lowest BCUT2D eigenvalue weighted by Crippen LogP contribution is -2.57. The van der Waals surface area contributed by atoms with Gasteiger partial charge in [-0.15, -0.1) is 34.4 Å². The van der Waals surface area contributed by atoms with Crippen molar-refractivity contribution in [3.8, 4) is 12.1 Å². The fourth-order valence-corrected chi connectivity index (χ4v) is 10.3. The van der Waals surface area contributed by atoms with Crippen LogP contribution in [0.1, 0.15) is 40.1 Å². The van der Waals surface area contributed by atoms with Crippen molar-refractivity contribution in [3.63, 3.8) is 0 Å². The van der Waals surface area contributed by atoms with Crippen LogP contribution in [0.2, 0.25) is 0 Å². The average Bonchev–Trinajstić information content (AvgIpc) is 3.74. The van der Waals surface area contributed by atoms with Gasteiger partial charge in [-0.1, -0.05) is 0 Å². The van der Waals surface area contributed by atoms with Gasteiger partial charge in [-0.25, -0.2) is 9.37 Å². The van der Waals surface area contributed by atoms with E-state index in [0.717, 1.165) is 41.4 Å². The Morgan fingerprint density at radius 2 is 2.20 bits per heavy atom. The lowest BCUT2D eigenvalue weighted by Gasteiger charge is -2.48. The number of thiazole rings is 1. The highest BCUT2D eigenvalue weighted by atomic mass is 32.2. The number of thioether (sulfide) groups is 1. The number of rotatable bonds is 6. The second-order valence-electron chi connectivity index (χ2n) is 11.1. The fraction of sp³-hybridized carbons (Fsp3) is 0.500. The minimum Gasteiger partial charge on any atom is -0.461 e. The second-order valence-corrected chi connectivity index (χ2v) is 14.6. The predicted octanol–water partition coefficient (Wildman–Crippen LogP) is 3.76. The van der Waals surface area contributed by atoms with Crippen LogP contribution in [0.25, 0.3) is 11.2 Å². The van der Waals surface area contributed by atoms with Gasteiger partial charge in [0, 0.05) is 53.3 Å². The van der Waals surface area contributed by atoms with Gasteiger partial charge in [-0.2, -0.15) is 15.2 Å². The molecule has 8 heterocycles. The van der Waals surface area contributed by atoms with Crippen LogP contribution >= 0.6 is 34.4 Å². The summed E-state index contributed by atoms with van der Waals surface area (Å²) >= 11 is 4.99. The summed E-state index contributed by atoms with van der Waals surface area (Å²) < 4.78 is 22.5. The molecule has 14 heteroatoms. The molecule has 2 N–H and O–H groups in total. The van der Waals surface area contributed by atoms with E-state index in [0.29, 0.717) is 60.9 Å². The maximum atomic E-state index is 14.4. The second kappa shape index (κ2) is 9.01. The Hall–Kier alpha value is -2.99. The van der Waals surface area contributed by atoms with Gasteiger partial charge in [0.05, 0.1) is 34.2 Å². The van der Waals surface area contributed by atoms with Crippen LogP contribution in [-0.4, -0.2) is 73.9 Å². The van der Waals surface area contributed by atoms with Crippen molar-refractivity contribution in [1.29, 1.82) is 5.26 Å². The standard InChI is InChI=1S/C26H26FN9OS3/c27-15-4-25(2-1-3-36(25)7-15)12-37-24-32-22-20(31-13-34(22)8-16-6-30-14-38-16)23(33-24)35-10-26(11-35)19-17(5-28)21(29)40-18(19)9-39-26/h6,13-15H,1-4,7-12,29H2/t15-,25+/m1/s1. The zero-order valence-corrected chi connectivity index (χ0v) is 24.0. The van der Waals surface area contributed by atoms with Crippen molar-refractivity contribution in [2.75, 3.05) is 43.4 Å². The number of nitrogens with two attached hydrogens (primary N) is 1. The summed E-state index contributed by atoms with van der Waals surface area (Å²) in [5.74, 6) is 1.59. The molecule has 0 saturated carbocycles. The molecule has 0 aliphatic carbocycles. The Morgan fingerprint density at radius 1 is 1.30 bits per heavy atom. The van der Waals surface area contributed by atoms with Gasteiger partial charge in [0.15, 0.2) is 17.0 Å². The molecule has 0 amide bonds. The number of thiophene rings is 1. The third-order valence-corrected chi connectivity index (χ3v) is 12.1. The average molecular weight is 596 g/mol. The molecule has 4 aromatic rings. The SMILES string of the molecule is N#Cc1c(N)sc2c1C1(CN(c3nc(OC[C@@]45CCCN4C[C@H](F)C5)nc4c3ncn4Cc3cncs3)C1)SC2. The molecule has 1 spiro atoms. The summed E-state index contributed by atoms with van der Waals surface area (Å²) in [7, 11) is 0. The van der Waals surface area contributed by atoms with Gasteiger partial charge >= 0.3 is 6.01 Å². The molecule has 3 saturated heterocycles. The Balaban J connectivity index is 1.13. The third kappa shape index (κ3) is 3.67. The van der Waals surface area contributed by atoms with Gasteiger partial charge < -0.3 is 19.9 Å². The Bertz CT molecular complexity index is 1660. The summed E-state index contributed by atoms with van der Waals surface area (Å²) in [6.45, 7) is 3.74. The van der Waals surface area contributed by atoms with E-state index in [4.69, 9.17) is 25.4 Å². The monoisotopic (exact) mass is 595 g/mol. The molecule has 2 atom stereocenters. The van der Waals surface area contributed by atoms with E-state index in [1.54, 1.807) is 17.7 Å². The Kier molecular flexibility index (Phi) is 5.58. The van der Waals surface area contributed by atoms with E-state index >= 15 is 0 Å². The van der Waals surface area contributed by atoms with E-state index in [2.05, 4.69) is 20.9 Å². The summed E-state index contributed by atoms with van der Waals surface area (Å²) in [6.07, 6.45) is 5.29. The van der Waals surface area contributed by atoms with Crippen molar-refractivity contribution in [2.24, 2.45) is 0 Å². The van der Waals surface area contributed by atoms with Crippen LogP contribution < -0.4 is 15.4 Å². The first-order valence-electron chi connectivity index (χ1n) is 13.3. The molecule has 10 nitrogen and oxygen atoms in total. The summed E-state index contributed by atoms with van der Waals surface area (Å²) in [5.41, 5.74) is 10.8. The highest BCUT2D eigenvalue weighted by Gasteiger charge is 2.53. The molecule has 0 unspecified atom stereocenters. The number of imidazole rings is 1. The number of fused-ring (bicyclic) bond motifs is 4. The summed E-state index contributed by atoms with van der Waals surface area (Å²) in [4.78, 5) is 25.4. The van der Waals surface area contributed by atoms with Gasteiger partial charge in [-0.3, -0.25) is 9.88 Å². The molecule has 0 bridgehead atoms. The number of ether oxygens (including phenoxy) is 1. The molecular formula is C26H26FN9OS3. The van der Waals surface area contributed by atoms with Gasteiger partial charge in [0.2, 0.25) is 0 Å².